The number of piperidine rings is 2. The average molecular weight is 1590 g/mol. The number of benzene rings is 2. The molecular formula is C71H76F6N14O16S3. The zero-order chi connectivity index (χ0) is 81.1. The first-order valence-corrected chi connectivity index (χ1v) is 36.4. The number of carbonyl (C=O) groups excluding carboxylic acids is 4. The van der Waals surface area contributed by atoms with E-state index in [9.17, 15) is 53.9 Å². The van der Waals surface area contributed by atoms with Crippen molar-refractivity contribution in [3.8, 4) is 56.4 Å². The fourth-order valence-corrected chi connectivity index (χ4v) is 12.6. The molecule has 3 N–H and O–H groups in total. The molecule has 0 aliphatic carbocycles. The molecule has 30 nitrogen and oxygen atoms in total. The summed E-state index contributed by atoms with van der Waals surface area (Å²) >= 11 is -1.50. The number of para-hydroxylation sites is 2. The van der Waals surface area contributed by atoms with Crippen LogP contribution in [0.1, 0.15) is 88.4 Å². The second-order valence-electron chi connectivity index (χ2n) is 27.1. The Hall–Kier alpha value is -11.2. The van der Waals surface area contributed by atoms with Crippen LogP contribution < -0.4 is 11.1 Å². The number of carbonyl (C=O) groups is 4. The number of methoxy groups -OCH3 is 2. The Morgan fingerprint density at radius 2 is 0.964 bits per heavy atom. The summed E-state index contributed by atoms with van der Waals surface area (Å²) in [7, 11) is -1.39. The van der Waals surface area contributed by atoms with Gasteiger partial charge >= 0.3 is 59.6 Å². The van der Waals surface area contributed by atoms with E-state index in [1.807, 2.05) is 36.4 Å². The Labute approximate surface area is 632 Å². The van der Waals surface area contributed by atoms with E-state index in [1.165, 1.54) is 30.2 Å². The van der Waals surface area contributed by atoms with Crippen LogP contribution in [0, 0.1) is 39.5 Å². The number of ether oxygens (including phenoxy) is 4. The van der Waals surface area contributed by atoms with Crippen molar-refractivity contribution >= 4 is 85.1 Å². The van der Waals surface area contributed by atoms with Crippen LogP contribution in [0.4, 0.5) is 41.9 Å². The first-order valence-electron chi connectivity index (χ1n) is 33.2. The number of aromatic nitrogens is 10. The number of fused-ring (bicyclic) bond motifs is 2. The molecule has 2 aromatic carbocycles. The average Bonchev–Trinajstić information content (AvgIpc) is 1.58. The number of aryl methyl sites for hydroxylation is 4. The SMILES string of the molecule is COC(=O)[C@@H]1C[C@H](N)CN(C(=O)OC(C)(C)C)C1.COC(=O)[C@@H]1C[C@H](Nc2ncc(C(F)(F)F)c(-c3cn(-c4ccccc4)c4nc(-c5c(C)noc5C)ccc34)n2)CN(C(=O)OC(C)(C)C)C1.Cc1noc(C)c1-c1ccc2c(-c3nc(S(C)(=O)=O)ncc3C(F)(F)F)cn(-c3ccccc3)c2n1.O=S=O.O=S=O. The summed E-state index contributed by atoms with van der Waals surface area (Å²) in [4.78, 5) is 77.2. The third-order valence-electron chi connectivity index (χ3n) is 16.6. The van der Waals surface area contributed by atoms with Crippen molar-refractivity contribution in [1.82, 2.24) is 59.2 Å². The highest BCUT2D eigenvalue weighted by molar-refractivity contribution is 7.90. The number of likely N-dealkylation sites (tertiary alicyclic amines) is 2. The largest absolute Gasteiger partial charge is 0.469 e. The Bertz CT molecular complexity index is 5140. The fraction of sp³-hybridized carbons (Fsp3) is 0.380. The predicted molar refractivity (Wildman–Crippen MR) is 386 cm³/mol. The molecule has 0 radical (unpaired) electrons. The number of hydrogen-bond donors (Lipinski definition) is 2. The van der Waals surface area contributed by atoms with Crippen molar-refractivity contribution in [2.24, 2.45) is 17.6 Å². The molecule has 2 amide bonds. The van der Waals surface area contributed by atoms with Gasteiger partial charge in [0.15, 0.2) is 0 Å². The van der Waals surface area contributed by atoms with Crippen LogP contribution >= 0.6 is 0 Å². The molecule has 39 heteroatoms. The van der Waals surface area contributed by atoms with Crippen molar-refractivity contribution in [3.05, 3.63) is 144 Å². The van der Waals surface area contributed by atoms with E-state index in [0.717, 1.165) is 12.5 Å². The predicted octanol–water partition coefficient (Wildman–Crippen LogP) is 11.6. The lowest BCUT2D eigenvalue weighted by molar-refractivity contribution is -0.148. The van der Waals surface area contributed by atoms with E-state index in [1.54, 1.807) is 133 Å². The standard InChI is InChI=1S/C35H36F3N7O5.C24H18F3N5O3S.C12H22N2O4.2O2S/c1-19-28(20(2)50-43-19)27-13-12-24-25(18-45(30(24)41-27)23-10-8-7-9-11-23)29-26(35(36,37)38)15-39-32(42-29)40-22-14-21(31(46)48-6)16-44(17-22)33(47)49-34(3,4)5;1-13-20(14(2)35-31-13)19-10-9-16-17(12-32(22(16)29-19)15-7-5-4-6-8-15)21-18(24(25,26)27)11-28-23(30-21)36(3,33)34;1-12(2,3)18-11(16)14-6-8(10(15)17-4)5-9(13)7-14;2*1-3-2/h7-13,15,18,21-22H,14,16-17H2,1-6H3,(H,39,40,42);4-12H,1-3H3;8-9H,5-7,13H2,1-4H3;;/t21-,22+;;8-,9+;;/m1.1../s1. The van der Waals surface area contributed by atoms with Gasteiger partial charge in [0, 0.05) is 103 Å². The topological polar surface area (TPSA) is 391 Å². The van der Waals surface area contributed by atoms with E-state index in [-0.39, 0.29) is 60.2 Å². The van der Waals surface area contributed by atoms with E-state index in [2.05, 4.69) is 35.6 Å². The Morgan fingerprint density at radius 1 is 0.564 bits per heavy atom. The molecule has 2 aliphatic heterocycles. The van der Waals surface area contributed by atoms with E-state index in [0.29, 0.717) is 105 Å². The normalized spacial score (nSPS) is 15.9. The summed E-state index contributed by atoms with van der Waals surface area (Å²) in [5.41, 5.74) is 7.36. The number of hydrogen-bond acceptors (Lipinski definition) is 26. The van der Waals surface area contributed by atoms with Gasteiger partial charge in [-0.15, -0.1) is 0 Å². The monoisotopic (exact) mass is 1590 g/mol. The quantitative estimate of drug-likeness (QED) is 0.0525. The molecule has 0 bridgehead atoms. The van der Waals surface area contributed by atoms with Gasteiger partial charge in [-0.2, -0.15) is 43.2 Å². The highest BCUT2D eigenvalue weighted by atomic mass is 32.2. The van der Waals surface area contributed by atoms with Crippen LogP contribution in [-0.4, -0.2) is 178 Å². The molecule has 12 rings (SSSR count). The van der Waals surface area contributed by atoms with Gasteiger partial charge in [0.25, 0.3) is 0 Å². The van der Waals surface area contributed by atoms with Crippen molar-refractivity contribution in [3.63, 3.8) is 0 Å². The van der Waals surface area contributed by atoms with Crippen molar-refractivity contribution in [2.45, 2.75) is 123 Å². The highest BCUT2D eigenvalue weighted by Crippen LogP contribution is 2.43. The van der Waals surface area contributed by atoms with Gasteiger partial charge in [-0.05, 0) is 131 Å². The second kappa shape index (κ2) is 35.0. The number of anilines is 1. The summed E-state index contributed by atoms with van der Waals surface area (Å²) < 4.78 is 177. The van der Waals surface area contributed by atoms with Gasteiger partial charge in [-0.25, -0.2) is 47.9 Å². The number of halogens is 6. The lowest BCUT2D eigenvalue weighted by atomic mass is 9.94. The third kappa shape index (κ3) is 20.8. The van der Waals surface area contributed by atoms with Crippen LogP contribution in [-0.2, 0) is 73.9 Å². The Balaban J connectivity index is 0.000000220. The lowest BCUT2D eigenvalue weighted by Crippen LogP contribution is -2.52. The second-order valence-corrected chi connectivity index (χ2v) is 29.3. The molecular weight excluding hydrogens is 1520 g/mol. The minimum absolute atomic E-state index is 0.0563. The molecule has 10 aromatic rings. The first kappa shape index (κ1) is 84.4. The smallest absolute Gasteiger partial charge is 0.419 e. The van der Waals surface area contributed by atoms with E-state index >= 15 is 0 Å². The fourth-order valence-electron chi connectivity index (χ4n) is 12.1. The molecule has 2 saturated heterocycles. The van der Waals surface area contributed by atoms with Crippen molar-refractivity contribution in [1.29, 1.82) is 0 Å². The summed E-state index contributed by atoms with van der Waals surface area (Å²) in [6.07, 6.45) is -4.84. The molecule has 10 heterocycles. The van der Waals surface area contributed by atoms with Gasteiger partial charge in [-0.3, -0.25) is 9.59 Å². The number of alkyl halides is 6. The molecule has 8 aromatic heterocycles. The molecule has 2 aliphatic rings. The number of nitrogens with two attached hydrogens (primary N) is 1. The van der Waals surface area contributed by atoms with E-state index in [4.69, 9.17) is 60.5 Å². The summed E-state index contributed by atoms with van der Waals surface area (Å²) in [5, 5.41) is 11.1. The third-order valence-corrected chi connectivity index (χ3v) is 17.5. The number of rotatable bonds is 11. The lowest BCUT2D eigenvalue weighted by Gasteiger charge is -2.37. The number of nitrogens with zero attached hydrogens (tertiary/aromatic N) is 12. The maximum absolute atomic E-state index is 14.6. The summed E-state index contributed by atoms with van der Waals surface area (Å²) in [6.45, 7) is 18.5. The maximum atomic E-state index is 14.6. The molecule has 2 fully saturated rings. The minimum atomic E-state index is -4.82. The van der Waals surface area contributed by atoms with Gasteiger partial charge in [0.1, 0.15) is 45.1 Å². The zero-order valence-corrected chi connectivity index (χ0v) is 63.9. The maximum Gasteiger partial charge on any atom is 0.419 e. The van der Waals surface area contributed by atoms with Gasteiger partial charge in [-0.1, -0.05) is 46.7 Å². The number of esters is 2. The molecule has 0 spiro atoms. The van der Waals surface area contributed by atoms with E-state index < -0.39 is 109 Å². The molecule has 586 valence electrons. The van der Waals surface area contributed by atoms with Crippen molar-refractivity contribution < 1.29 is 98.8 Å². The number of nitrogens with one attached hydrogen (secondary N) is 1. The molecule has 110 heavy (non-hydrogen) atoms. The van der Waals surface area contributed by atoms with Crippen LogP contribution in [0.2, 0.25) is 0 Å². The van der Waals surface area contributed by atoms with Crippen LogP contribution in [0.25, 0.3) is 78.5 Å². The Kier molecular flexibility index (Phi) is 26.9. The first-order chi connectivity index (χ1) is 51.6. The number of amides is 2. The van der Waals surface area contributed by atoms with Crippen LogP contribution in [0.5, 0.6) is 0 Å². The summed E-state index contributed by atoms with van der Waals surface area (Å²) in [5.74, 6) is -0.963. The molecule has 4 atom stereocenters. The number of sulfone groups is 1. The minimum Gasteiger partial charge on any atom is -0.469 e. The number of pyridine rings is 2. The van der Waals surface area contributed by atoms with Gasteiger partial charge < -0.3 is 58.0 Å². The zero-order valence-electron chi connectivity index (χ0n) is 61.4. The van der Waals surface area contributed by atoms with Crippen molar-refractivity contribution in [2.75, 3.05) is 52.0 Å². The summed E-state index contributed by atoms with van der Waals surface area (Å²) in [6, 6.07) is 23.9. The Morgan fingerprint density at radius 3 is 1.35 bits per heavy atom. The molecule has 0 saturated carbocycles. The van der Waals surface area contributed by atoms with Gasteiger partial charge in [0.2, 0.25) is 20.9 Å². The van der Waals surface area contributed by atoms with Crippen LogP contribution in [0.15, 0.2) is 124 Å². The van der Waals surface area contributed by atoms with Gasteiger partial charge in [0.05, 0.1) is 71.3 Å². The molecule has 0 unspecified atom stereocenters. The van der Waals surface area contributed by atoms with Crippen LogP contribution in [0.3, 0.4) is 0 Å². The highest BCUT2D eigenvalue weighted by Gasteiger charge is 2.41.